The lowest BCUT2D eigenvalue weighted by molar-refractivity contribution is -0.123. The molecule has 0 saturated carbocycles. The third-order valence-corrected chi connectivity index (χ3v) is 3.64. The summed E-state index contributed by atoms with van der Waals surface area (Å²) in [5.74, 6) is -1.16. The maximum atomic E-state index is 12.7. The van der Waals surface area contributed by atoms with E-state index in [1.165, 1.54) is 13.1 Å². The van der Waals surface area contributed by atoms with Crippen LogP contribution in [0.15, 0.2) is 66.4 Å². The number of rotatable bonds is 5. The number of carbonyl (C=O) groups is 2. The van der Waals surface area contributed by atoms with Crippen LogP contribution in [0, 0.1) is 11.3 Å². The average molecular weight is 348 g/mol. The van der Waals surface area contributed by atoms with Crippen LogP contribution in [0.1, 0.15) is 12.5 Å². The van der Waals surface area contributed by atoms with Gasteiger partial charge < -0.3 is 10.6 Å². The fourth-order valence-corrected chi connectivity index (χ4v) is 2.46. The van der Waals surface area contributed by atoms with Crippen molar-refractivity contribution in [3.8, 4) is 6.07 Å². The molecule has 6 nitrogen and oxygen atoms in total. The molecule has 26 heavy (non-hydrogen) atoms. The van der Waals surface area contributed by atoms with Crippen LogP contribution in [0.25, 0.3) is 0 Å². The first-order valence-electron chi connectivity index (χ1n) is 7.99. The van der Waals surface area contributed by atoms with Gasteiger partial charge in [-0.25, -0.2) is 4.90 Å². The maximum absolute atomic E-state index is 12.7. The molecule has 132 valence electrons. The topological polar surface area (TPSA) is 90.4 Å². The van der Waals surface area contributed by atoms with Crippen molar-refractivity contribution in [2.24, 2.45) is 0 Å². The Morgan fingerprint density at radius 3 is 2.27 bits per heavy atom. The van der Waals surface area contributed by atoms with Gasteiger partial charge in [0.2, 0.25) is 5.91 Å². The molecular formula is C20H20N4O2. The Morgan fingerprint density at radius 2 is 1.73 bits per heavy atom. The van der Waals surface area contributed by atoms with Crippen LogP contribution in [0.5, 0.6) is 0 Å². The van der Waals surface area contributed by atoms with Gasteiger partial charge in [0.1, 0.15) is 11.6 Å². The van der Waals surface area contributed by atoms with E-state index in [0.717, 1.165) is 10.5 Å². The number of nitriles is 1. The number of imide groups is 1. The molecule has 0 aromatic heterocycles. The zero-order chi connectivity index (χ0) is 19.1. The average Bonchev–Trinajstić information content (AvgIpc) is 2.62. The molecule has 0 aliphatic rings. The zero-order valence-corrected chi connectivity index (χ0v) is 14.7. The van der Waals surface area contributed by atoms with E-state index in [1.807, 2.05) is 36.4 Å². The molecule has 2 N–H and O–H groups in total. The number of hydrogen-bond acceptors (Lipinski definition) is 5. The fraction of sp³-hybridized carbons (Fsp3) is 0.150. The first kappa shape index (κ1) is 18.7. The standard InChI is InChI=1S/C20H20N4O2/c1-15(25)24(19-10-8-18(22)9-11-19)20(26)17(12-21)14-23(2)13-16-6-4-3-5-7-16/h3-11,14H,13,22H2,1-2H3/b17-14-. The number of carbonyl (C=O) groups excluding carboxylic acids is 2. The molecule has 0 heterocycles. The minimum Gasteiger partial charge on any atom is -0.399 e. The van der Waals surface area contributed by atoms with Gasteiger partial charge in [-0.15, -0.1) is 0 Å². The molecule has 0 atom stereocenters. The molecule has 0 spiro atoms. The summed E-state index contributed by atoms with van der Waals surface area (Å²) < 4.78 is 0. The number of nitrogen functional groups attached to an aromatic ring is 1. The molecule has 0 aliphatic carbocycles. The van der Waals surface area contributed by atoms with Gasteiger partial charge in [0.05, 0.1) is 5.69 Å². The minimum absolute atomic E-state index is 0.129. The highest BCUT2D eigenvalue weighted by Crippen LogP contribution is 2.19. The van der Waals surface area contributed by atoms with E-state index >= 15 is 0 Å². The molecule has 2 aromatic rings. The summed E-state index contributed by atoms with van der Waals surface area (Å²) in [7, 11) is 1.76. The Labute approximate surface area is 152 Å². The van der Waals surface area contributed by atoms with Crippen molar-refractivity contribution < 1.29 is 9.59 Å². The Hall–Kier alpha value is -3.59. The molecule has 0 fully saturated rings. The molecule has 0 unspecified atom stereocenters. The van der Waals surface area contributed by atoms with Crippen molar-refractivity contribution in [1.29, 1.82) is 5.26 Å². The number of nitrogens with zero attached hydrogens (tertiary/aromatic N) is 3. The summed E-state index contributed by atoms with van der Waals surface area (Å²) in [6.45, 7) is 1.80. The number of amides is 2. The summed E-state index contributed by atoms with van der Waals surface area (Å²) in [6, 6.07) is 17.9. The SMILES string of the molecule is CC(=O)N(C(=O)/C(C#N)=C\N(C)Cc1ccccc1)c1ccc(N)cc1. The molecule has 2 aromatic carbocycles. The van der Waals surface area contributed by atoms with Crippen LogP contribution in [0.2, 0.25) is 0 Å². The highest BCUT2D eigenvalue weighted by molar-refractivity contribution is 6.21. The van der Waals surface area contributed by atoms with Gasteiger partial charge >= 0.3 is 0 Å². The third-order valence-electron chi connectivity index (χ3n) is 3.64. The van der Waals surface area contributed by atoms with Crippen molar-refractivity contribution in [3.63, 3.8) is 0 Å². The summed E-state index contributed by atoms with van der Waals surface area (Å²) in [6.07, 6.45) is 1.45. The lowest BCUT2D eigenvalue weighted by Gasteiger charge is -2.20. The van der Waals surface area contributed by atoms with E-state index in [0.29, 0.717) is 17.9 Å². The van der Waals surface area contributed by atoms with Gasteiger partial charge in [-0.05, 0) is 29.8 Å². The van der Waals surface area contributed by atoms with Gasteiger partial charge in [0.25, 0.3) is 5.91 Å². The maximum Gasteiger partial charge on any atom is 0.277 e. The molecule has 6 heteroatoms. The molecule has 0 aliphatic heterocycles. The first-order valence-corrected chi connectivity index (χ1v) is 7.99. The smallest absolute Gasteiger partial charge is 0.277 e. The van der Waals surface area contributed by atoms with E-state index in [2.05, 4.69) is 0 Å². The number of anilines is 2. The van der Waals surface area contributed by atoms with Crippen LogP contribution in [-0.4, -0.2) is 23.8 Å². The van der Waals surface area contributed by atoms with E-state index in [-0.39, 0.29) is 5.57 Å². The minimum atomic E-state index is -0.676. The van der Waals surface area contributed by atoms with Crippen LogP contribution in [-0.2, 0) is 16.1 Å². The van der Waals surface area contributed by atoms with Crippen LogP contribution >= 0.6 is 0 Å². The predicted octanol–water partition coefficient (Wildman–Crippen LogP) is 2.69. The van der Waals surface area contributed by atoms with Crippen LogP contribution < -0.4 is 10.6 Å². The quantitative estimate of drug-likeness (QED) is 0.510. The van der Waals surface area contributed by atoms with Crippen LogP contribution in [0.3, 0.4) is 0 Å². The second kappa shape index (κ2) is 8.49. The lowest BCUT2D eigenvalue weighted by atomic mass is 10.2. The van der Waals surface area contributed by atoms with Crippen molar-refractivity contribution >= 4 is 23.2 Å². The largest absolute Gasteiger partial charge is 0.399 e. The molecule has 0 radical (unpaired) electrons. The zero-order valence-electron chi connectivity index (χ0n) is 14.7. The summed E-state index contributed by atoms with van der Waals surface area (Å²) in [5.41, 5.74) is 7.44. The number of nitrogens with two attached hydrogens (primary N) is 1. The van der Waals surface area contributed by atoms with E-state index < -0.39 is 11.8 Å². The monoisotopic (exact) mass is 348 g/mol. The Morgan fingerprint density at radius 1 is 1.12 bits per heavy atom. The van der Waals surface area contributed by atoms with Crippen LogP contribution in [0.4, 0.5) is 11.4 Å². The van der Waals surface area contributed by atoms with Gasteiger partial charge in [-0.3, -0.25) is 9.59 Å². The van der Waals surface area contributed by atoms with Gasteiger partial charge in [-0.1, -0.05) is 30.3 Å². The summed E-state index contributed by atoms with van der Waals surface area (Å²) in [5, 5.41) is 9.41. The van der Waals surface area contributed by atoms with E-state index in [4.69, 9.17) is 5.73 Å². The van der Waals surface area contributed by atoms with E-state index in [9.17, 15) is 14.9 Å². The summed E-state index contributed by atoms with van der Waals surface area (Å²) in [4.78, 5) is 27.4. The van der Waals surface area contributed by atoms with E-state index in [1.54, 1.807) is 36.2 Å². The number of benzene rings is 2. The Bertz CT molecular complexity index is 852. The van der Waals surface area contributed by atoms with Crippen molar-refractivity contribution in [3.05, 3.63) is 71.9 Å². The molecule has 2 rings (SSSR count). The molecular weight excluding hydrogens is 328 g/mol. The third kappa shape index (κ3) is 4.71. The second-order valence-electron chi connectivity index (χ2n) is 5.81. The first-order chi connectivity index (χ1) is 12.4. The lowest BCUT2D eigenvalue weighted by Crippen LogP contribution is -2.36. The van der Waals surface area contributed by atoms with Crippen molar-refractivity contribution in [2.75, 3.05) is 17.7 Å². The molecule has 0 saturated heterocycles. The van der Waals surface area contributed by atoms with Crippen molar-refractivity contribution in [2.45, 2.75) is 13.5 Å². The Kier molecular flexibility index (Phi) is 6.12. The highest BCUT2D eigenvalue weighted by atomic mass is 16.2. The number of hydrogen-bond donors (Lipinski definition) is 1. The highest BCUT2D eigenvalue weighted by Gasteiger charge is 2.24. The fourth-order valence-electron chi connectivity index (χ4n) is 2.46. The summed E-state index contributed by atoms with van der Waals surface area (Å²) >= 11 is 0. The van der Waals surface area contributed by atoms with Crippen molar-refractivity contribution in [1.82, 2.24) is 4.90 Å². The molecule has 2 amide bonds. The Balaban J connectivity index is 2.25. The molecule has 0 bridgehead atoms. The van der Waals surface area contributed by atoms with Gasteiger partial charge in [0.15, 0.2) is 0 Å². The van der Waals surface area contributed by atoms with Gasteiger partial charge in [0, 0.05) is 32.4 Å². The van der Waals surface area contributed by atoms with Gasteiger partial charge in [-0.2, -0.15) is 5.26 Å². The normalized spacial score (nSPS) is 10.7. The predicted molar refractivity (Wildman–Crippen MR) is 101 cm³/mol. The second-order valence-corrected chi connectivity index (χ2v) is 5.81.